The van der Waals surface area contributed by atoms with Crippen LogP contribution in [0.25, 0.3) is 0 Å². The highest BCUT2D eigenvalue weighted by molar-refractivity contribution is 7.99. The normalized spacial score (nSPS) is 14.0. The predicted octanol–water partition coefficient (Wildman–Crippen LogP) is 1.70. The molecule has 1 unspecified atom stereocenters. The van der Waals surface area contributed by atoms with E-state index in [1.165, 1.54) is 0 Å². The van der Waals surface area contributed by atoms with Gasteiger partial charge in [0.1, 0.15) is 0 Å². The number of thioether (sulfide) groups is 1. The maximum Gasteiger partial charge on any atom is 0.0963 e. The average molecular weight is 218 g/mol. The van der Waals surface area contributed by atoms with Gasteiger partial charge in [-0.1, -0.05) is 20.8 Å². The van der Waals surface area contributed by atoms with Crippen LogP contribution in [0.3, 0.4) is 0 Å². The lowest BCUT2D eigenvalue weighted by molar-refractivity contribution is 0.250. The Bertz CT molecular complexity index is 183. The summed E-state index contributed by atoms with van der Waals surface area (Å²) in [6, 6.07) is 0. The van der Waals surface area contributed by atoms with Gasteiger partial charge in [-0.05, 0) is 23.8 Å². The fourth-order valence-electron chi connectivity index (χ4n) is 0.799. The molecule has 0 radical (unpaired) electrons. The number of nitrogens with two attached hydrogens (primary N) is 1. The van der Waals surface area contributed by atoms with Gasteiger partial charge in [0.15, 0.2) is 0 Å². The van der Waals surface area contributed by atoms with E-state index in [0.717, 1.165) is 17.9 Å². The van der Waals surface area contributed by atoms with Crippen molar-refractivity contribution in [2.45, 2.75) is 27.2 Å². The molecule has 0 aromatic heterocycles. The van der Waals surface area contributed by atoms with Gasteiger partial charge in [0, 0.05) is 12.0 Å². The molecule has 0 saturated heterocycles. The summed E-state index contributed by atoms with van der Waals surface area (Å²) >= 11 is 1.82. The summed E-state index contributed by atoms with van der Waals surface area (Å²) in [5, 5.41) is 16.2. The van der Waals surface area contributed by atoms with E-state index < -0.39 is 0 Å². The Labute approximate surface area is 91.0 Å². The van der Waals surface area contributed by atoms with Gasteiger partial charge < -0.3 is 10.8 Å². The van der Waals surface area contributed by atoms with Crippen molar-refractivity contribution >= 4 is 17.6 Å². The van der Waals surface area contributed by atoms with Gasteiger partial charge in [-0.3, -0.25) is 5.41 Å². The van der Waals surface area contributed by atoms with Gasteiger partial charge in [-0.25, -0.2) is 0 Å². The van der Waals surface area contributed by atoms with Crippen molar-refractivity contribution in [1.82, 2.24) is 0 Å². The van der Waals surface area contributed by atoms with Crippen LogP contribution in [0.1, 0.15) is 27.2 Å². The smallest absolute Gasteiger partial charge is 0.0963 e. The van der Waals surface area contributed by atoms with Crippen molar-refractivity contribution in [3.8, 4) is 0 Å². The zero-order valence-corrected chi connectivity index (χ0v) is 10.2. The first-order chi connectivity index (χ1) is 6.40. The fraction of sp³-hybridized carbons (Fsp3) is 0.900. The van der Waals surface area contributed by atoms with Crippen LogP contribution in [-0.4, -0.2) is 29.1 Å². The molecule has 0 rings (SSSR count). The number of aliphatic hydroxyl groups excluding tert-OH is 1. The number of aliphatic hydroxyl groups is 1. The van der Waals surface area contributed by atoms with Crippen LogP contribution in [0.5, 0.6) is 0 Å². The van der Waals surface area contributed by atoms with Crippen molar-refractivity contribution < 1.29 is 5.11 Å². The molecule has 0 bridgehead atoms. The molecule has 0 aliphatic carbocycles. The maximum absolute atomic E-state index is 8.81. The van der Waals surface area contributed by atoms with Crippen LogP contribution in [-0.2, 0) is 0 Å². The Kier molecular flexibility index (Phi) is 6.20. The predicted molar refractivity (Wildman–Crippen MR) is 63.9 cm³/mol. The van der Waals surface area contributed by atoms with E-state index in [0.29, 0.717) is 5.92 Å². The molecule has 84 valence electrons. The van der Waals surface area contributed by atoms with Crippen LogP contribution in [0.2, 0.25) is 0 Å². The monoisotopic (exact) mass is 218 g/mol. The number of nitrogens with one attached hydrogen (secondary N) is 1. The van der Waals surface area contributed by atoms with E-state index in [1.54, 1.807) is 0 Å². The summed E-state index contributed by atoms with van der Waals surface area (Å²) in [7, 11) is 0. The van der Waals surface area contributed by atoms with Crippen molar-refractivity contribution in [2.24, 2.45) is 17.1 Å². The van der Waals surface area contributed by atoms with Gasteiger partial charge in [0.25, 0.3) is 0 Å². The lowest BCUT2D eigenvalue weighted by Gasteiger charge is -2.22. The molecule has 0 saturated carbocycles. The summed E-state index contributed by atoms with van der Waals surface area (Å²) in [6.07, 6.45) is 0.922. The molecule has 3 nitrogen and oxygen atoms in total. The summed E-state index contributed by atoms with van der Waals surface area (Å²) in [6.45, 7) is 6.27. The Balaban J connectivity index is 3.59. The fourth-order valence-corrected chi connectivity index (χ4v) is 2.13. The molecule has 0 aromatic rings. The molecular weight excluding hydrogens is 196 g/mol. The van der Waals surface area contributed by atoms with Crippen molar-refractivity contribution in [3.63, 3.8) is 0 Å². The average Bonchev–Trinajstić information content (AvgIpc) is 2.11. The second-order valence-electron chi connectivity index (χ2n) is 4.41. The molecule has 0 amide bonds. The van der Waals surface area contributed by atoms with Gasteiger partial charge in [-0.2, -0.15) is 11.8 Å². The van der Waals surface area contributed by atoms with Crippen molar-refractivity contribution in [1.29, 1.82) is 5.41 Å². The van der Waals surface area contributed by atoms with Crippen LogP contribution in [0.4, 0.5) is 0 Å². The van der Waals surface area contributed by atoms with Crippen LogP contribution < -0.4 is 5.73 Å². The lowest BCUT2D eigenvalue weighted by atomic mass is 9.89. The third kappa shape index (κ3) is 5.50. The van der Waals surface area contributed by atoms with Crippen molar-refractivity contribution in [3.05, 3.63) is 0 Å². The topological polar surface area (TPSA) is 70.1 Å². The number of amidine groups is 1. The first-order valence-corrected chi connectivity index (χ1v) is 6.08. The molecule has 4 N–H and O–H groups in total. The summed E-state index contributed by atoms with van der Waals surface area (Å²) in [4.78, 5) is 0. The SMILES string of the molecule is CC(CO)CSCCC(C)(C)C(=N)N. The molecular formula is C10H22N2OS. The van der Waals surface area contributed by atoms with E-state index >= 15 is 0 Å². The quantitative estimate of drug-likeness (QED) is 0.346. The zero-order valence-electron chi connectivity index (χ0n) is 9.34. The minimum Gasteiger partial charge on any atom is -0.396 e. The molecule has 0 aliphatic heterocycles. The summed E-state index contributed by atoms with van der Waals surface area (Å²) in [5.74, 6) is 2.59. The van der Waals surface area contributed by atoms with E-state index in [-0.39, 0.29) is 17.9 Å². The molecule has 4 heteroatoms. The van der Waals surface area contributed by atoms with Crippen LogP contribution in [0, 0.1) is 16.7 Å². The standard InChI is InChI=1S/C10H22N2OS/c1-8(6-13)7-14-5-4-10(2,3)9(11)12/h8,13H,4-7H2,1-3H3,(H3,11,12). The van der Waals surface area contributed by atoms with E-state index in [9.17, 15) is 0 Å². The minimum absolute atomic E-state index is 0.185. The molecule has 0 spiro atoms. The number of hydrogen-bond donors (Lipinski definition) is 3. The second kappa shape index (κ2) is 6.30. The first-order valence-electron chi connectivity index (χ1n) is 4.93. The molecule has 0 fully saturated rings. The highest BCUT2D eigenvalue weighted by Gasteiger charge is 2.20. The molecule has 0 heterocycles. The number of rotatable bonds is 7. The Morgan fingerprint density at radius 3 is 2.57 bits per heavy atom. The second-order valence-corrected chi connectivity index (χ2v) is 5.56. The van der Waals surface area contributed by atoms with E-state index in [4.69, 9.17) is 16.2 Å². The highest BCUT2D eigenvalue weighted by Crippen LogP contribution is 2.23. The van der Waals surface area contributed by atoms with Crippen molar-refractivity contribution in [2.75, 3.05) is 18.1 Å². The van der Waals surface area contributed by atoms with Gasteiger partial charge in [0.05, 0.1) is 5.84 Å². The minimum atomic E-state index is -0.185. The maximum atomic E-state index is 8.81. The van der Waals surface area contributed by atoms with Crippen LogP contribution >= 0.6 is 11.8 Å². The van der Waals surface area contributed by atoms with Gasteiger partial charge >= 0.3 is 0 Å². The first kappa shape index (κ1) is 13.8. The number of hydrogen-bond acceptors (Lipinski definition) is 3. The van der Waals surface area contributed by atoms with E-state index in [1.807, 2.05) is 32.5 Å². The van der Waals surface area contributed by atoms with E-state index in [2.05, 4.69) is 0 Å². The summed E-state index contributed by atoms with van der Waals surface area (Å²) in [5.41, 5.74) is 5.29. The molecule has 1 atom stereocenters. The lowest BCUT2D eigenvalue weighted by Crippen LogP contribution is -2.31. The highest BCUT2D eigenvalue weighted by atomic mass is 32.2. The van der Waals surface area contributed by atoms with Crippen LogP contribution in [0.15, 0.2) is 0 Å². The largest absolute Gasteiger partial charge is 0.396 e. The Morgan fingerprint density at radius 1 is 1.57 bits per heavy atom. The molecule has 0 aromatic carbocycles. The molecule has 0 aliphatic rings. The zero-order chi connectivity index (χ0) is 11.2. The summed E-state index contributed by atoms with van der Waals surface area (Å²) < 4.78 is 0. The third-order valence-corrected chi connectivity index (χ3v) is 3.61. The Morgan fingerprint density at radius 2 is 2.14 bits per heavy atom. The Hall–Kier alpha value is -0.220. The third-order valence-electron chi connectivity index (χ3n) is 2.31. The van der Waals surface area contributed by atoms with Gasteiger partial charge in [-0.15, -0.1) is 0 Å². The van der Waals surface area contributed by atoms with Gasteiger partial charge in [0.2, 0.25) is 0 Å². The molecule has 14 heavy (non-hydrogen) atoms.